The Morgan fingerprint density at radius 3 is 3.05 bits per heavy atom. The van der Waals surface area contributed by atoms with Gasteiger partial charge in [0.25, 0.3) is 0 Å². The molecule has 0 radical (unpaired) electrons. The van der Waals surface area contributed by atoms with Crippen molar-refractivity contribution in [2.45, 2.75) is 25.8 Å². The van der Waals surface area contributed by atoms with Crippen LogP contribution in [0.1, 0.15) is 24.1 Å². The van der Waals surface area contributed by atoms with E-state index in [1.165, 1.54) is 12.8 Å². The lowest BCUT2D eigenvalue weighted by molar-refractivity contribution is 0.754. The first-order valence-electron chi connectivity index (χ1n) is 6.55. The Kier molecular flexibility index (Phi) is 3.29. The van der Waals surface area contributed by atoms with Crippen LogP contribution in [0.2, 0.25) is 5.15 Å². The van der Waals surface area contributed by atoms with Crippen LogP contribution >= 0.6 is 11.6 Å². The van der Waals surface area contributed by atoms with Gasteiger partial charge in [0.15, 0.2) is 5.65 Å². The Bertz CT molecular complexity index is 640. The van der Waals surface area contributed by atoms with Crippen molar-refractivity contribution in [1.29, 1.82) is 0 Å². The lowest BCUT2D eigenvalue weighted by Gasteiger charge is -2.00. The minimum atomic E-state index is 0.526. The van der Waals surface area contributed by atoms with E-state index in [4.69, 9.17) is 11.6 Å². The zero-order chi connectivity index (χ0) is 13.4. The lowest BCUT2D eigenvalue weighted by Crippen LogP contribution is -2.15. The topological polar surface area (TPSA) is 42.7 Å². The van der Waals surface area contributed by atoms with E-state index in [2.05, 4.69) is 27.5 Å². The van der Waals surface area contributed by atoms with Gasteiger partial charge >= 0.3 is 0 Å². The average Bonchev–Trinajstić information content (AvgIpc) is 3.15. The Morgan fingerprint density at radius 2 is 2.32 bits per heavy atom. The predicted molar refractivity (Wildman–Crippen MR) is 78.3 cm³/mol. The van der Waals surface area contributed by atoms with Gasteiger partial charge in [0.2, 0.25) is 0 Å². The monoisotopic (exact) mass is 276 g/mol. The third-order valence-corrected chi connectivity index (χ3v) is 3.68. The first kappa shape index (κ1) is 12.6. The van der Waals surface area contributed by atoms with E-state index in [0.717, 1.165) is 34.9 Å². The maximum absolute atomic E-state index is 6.21. The summed E-state index contributed by atoms with van der Waals surface area (Å²) in [7, 11) is 1.88. The molecule has 4 nitrogen and oxygen atoms in total. The molecular weight excluding hydrogens is 260 g/mol. The van der Waals surface area contributed by atoms with Crippen molar-refractivity contribution in [3.8, 4) is 0 Å². The highest BCUT2D eigenvalue weighted by atomic mass is 35.5. The molecule has 0 saturated heterocycles. The summed E-state index contributed by atoms with van der Waals surface area (Å²) in [6.45, 7) is 2.87. The van der Waals surface area contributed by atoms with E-state index in [-0.39, 0.29) is 0 Å². The second kappa shape index (κ2) is 4.94. The Balaban J connectivity index is 1.85. The number of nitrogens with zero attached hydrogens (tertiary/aromatic N) is 3. The van der Waals surface area contributed by atoms with Crippen LogP contribution in [0.15, 0.2) is 12.1 Å². The number of hydrogen-bond donors (Lipinski definition) is 1. The number of halogens is 1. The Morgan fingerprint density at radius 1 is 1.53 bits per heavy atom. The lowest BCUT2D eigenvalue weighted by atomic mass is 10.2. The van der Waals surface area contributed by atoms with E-state index >= 15 is 0 Å². The van der Waals surface area contributed by atoms with E-state index in [0.29, 0.717) is 5.15 Å². The molecule has 0 amide bonds. The average molecular weight is 277 g/mol. The second-order valence-corrected chi connectivity index (χ2v) is 5.39. The molecule has 2 heterocycles. The van der Waals surface area contributed by atoms with Crippen molar-refractivity contribution >= 4 is 28.7 Å². The molecule has 19 heavy (non-hydrogen) atoms. The maximum atomic E-state index is 6.21. The van der Waals surface area contributed by atoms with Gasteiger partial charge in [0.05, 0.1) is 5.69 Å². The Labute approximate surface area is 117 Å². The first-order valence-corrected chi connectivity index (χ1v) is 6.92. The molecule has 0 aromatic carbocycles. The fourth-order valence-corrected chi connectivity index (χ4v) is 2.36. The molecule has 0 atom stereocenters. The highest BCUT2D eigenvalue weighted by molar-refractivity contribution is 6.31. The summed E-state index contributed by atoms with van der Waals surface area (Å²) in [5.74, 6) is 0. The van der Waals surface area contributed by atoms with Crippen molar-refractivity contribution in [2.24, 2.45) is 7.05 Å². The van der Waals surface area contributed by atoms with Gasteiger partial charge in [-0.25, -0.2) is 4.98 Å². The zero-order valence-electron chi connectivity index (χ0n) is 11.2. The highest BCUT2D eigenvalue weighted by Crippen LogP contribution is 2.23. The van der Waals surface area contributed by atoms with Crippen molar-refractivity contribution in [3.05, 3.63) is 28.6 Å². The third kappa shape index (κ3) is 2.65. The molecule has 0 unspecified atom stereocenters. The maximum Gasteiger partial charge on any atom is 0.159 e. The van der Waals surface area contributed by atoms with E-state index in [1.54, 1.807) is 4.68 Å². The molecule has 2 aromatic rings. The minimum Gasteiger partial charge on any atom is -0.311 e. The van der Waals surface area contributed by atoms with Crippen LogP contribution in [0.4, 0.5) is 0 Å². The number of pyridine rings is 1. The molecule has 100 valence electrons. The molecule has 2 aromatic heterocycles. The zero-order valence-corrected chi connectivity index (χ0v) is 11.9. The molecule has 0 bridgehead atoms. The first-order chi connectivity index (χ1) is 9.15. The van der Waals surface area contributed by atoms with Crippen molar-refractivity contribution in [2.75, 3.05) is 6.54 Å². The number of hydrogen-bond acceptors (Lipinski definition) is 3. The van der Waals surface area contributed by atoms with Crippen LogP contribution in [0.25, 0.3) is 17.1 Å². The van der Waals surface area contributed by atoms with E-state index in [9.17, 15) is 0 Å². The van der Waals surface area contributed by atoms with Crippen LogP contribution < -0.4 is 5.32 Å². The molecule has 1 aliphatic rings. The van der Waals surface area contributed by atoms with Crippen LogP contribution in [0.3, 0.4) is 0 Å². The summed E-state index contributed by atoms with van der Waals surface area (Å²) in [6.07, 6.45) is 6.73. The van der Waals surface area contributed by atoms with Gasteiger partial charge in [0.1, 0.15) is 5.15 Å². The highest BCUT2D eigenvalue weighted by Gasteiger charge is 2.19. The van der Waals surface area contributed by atoms with Crippen LogP contribution in [0.5, 0.6) is 0 Å². The van der Waals surface area contributed by atoms with E-state index in [1.807, 2.05) is 20.0 Å². The van der Waals surface area contributed by atoms with Gasteiger partial charge in [-0.2, -0.15) is 5.10 Å². The van der Waals surface area contributed by atoms with Gasteiger partial charge in [-0.15, -0.1) is 0 Å². The molecule has 1 aliphatic carbocycles. The minimum absolute atomic E-state index is 0.526. The molecule has 3 rings (SSSR count). The number of rotatable bonds is 4. The fourth-order valence-electron chi connectivity index (χ4n) is 2.16. The van der Waals surface area contributed by atoms with Crippen LogP contribution in [0, 0.1) is 6.92 Å². The number of fused-ring (bicyclic) bond motifs is 1. The Hall–Kier alpha value is -1.39. The molecule has 1 N–H and O–H groups in total. The second-order valence-electron chi connectivity index (χ2n) is 5.03. The summed E-state index contributed by atoms with van der Waals surface area (Å²) in [6, 6.07) is 2.78. The standard InChI is InChI=1S/C14H17ClN4/c1-9-12-8-10(4-3-7-16-11-5-6-11)13(15)17-14(12)19(2)18-9/h3-4,8,11,16H,5-7H2,1-2H3. The molecule has 1 fully saturated rings. The third-order valence-electron chi connectivity index (χ3n) is 3.38. The van der Waals surface area contributed by atoms with Gasteiger partial charge in [-0.1, -0.05) is 23.8 Å². The summed E-state index contributed by atoms with van der Waals surface area (Å²) in [5.41, 5.74) is 2.76. The van der Waals surface area contributed by atoms with Crippen molar-refractivity contribution in [3.63, 3.8) is 0 Å². The van der Waals surface area contributed by atoms with Gasteiger partial charge in [-0.05, 0) is 25.8 Å². The summed E-state index contributed by atoms with van der Waals surface area (Å²) in [5, 5.41) is 9.37. The summed E-state index contributed by atoms with van der Waals surface area (Å²) >= 11 is 6.21. The molecule has 1 saturated carbocycles. The predicted octanol–water partition coefficient (Wildman–Crippen LogP) is 2.70. The molecule has 5 heteroatoms. The largest absolute Gasteiger partial charge is 0.311 e. The molecule has 0 spiro atoms. The normalized spacial score (nSPS) is 15.7. The summed E-state index contributed by atoms with van der Waals surface area (Å²) in [4.78, 5) is 4.42. The fraction of sp³-hybridized carbons (Fsp3) is 0.429. The van der Waals surface area contributed by atoms with Gasteiger partial charge in [-0.3, -0.25) is 4.68 Å². The summed E-state index contributed by atoms with van der Waals surface area (Å²) < 4.78 is 1.76. The van der Waals surface area contributed by atoms with E-state index < -0.39 is 0 Å². The van der Waals surface area contributed by atoms with Crippen molar-refractivity contribution in [1.82, 2.24) is 20.1 Å². The van der Waals surface area contributed by atoms with Gasteiger partial charge in [0, 0.05) is 30.6 Å². The molecule has 0 aliphatic heterocycles. The smallest absolute Gasteiger partial charge is 0.159 e. The van der Waals surface area contributed by atoms with Crippen molar-refractivity contribution < 1.29 is 0 Å². The quantitative estimate of drug-likeness (QED) is 0.873. The SMILES string of the molecule is Cc1nn(C)c2nc(Cl)c(C=CCNC3CC3)cc12. The van der Waals surface area contributed by atoms with Crippen LogP contribution in [-0.4, -0.2) is 27.4 Å². The van der Waals surface area contributed by atoms with Crippen LogP contribution in [-0.2, 0) is 7.05 Å². The number of nitrogens with one attached hydrogen (secondary N) is 1. The van der Waals surface area contributed by atoms with Gasteiger partial charge < -0.3 is 5.32 Å². The number of aromatic nitrogens is 3. The number of aryl methyl sites for hydroxylation is 2. The molecular formula is C14H17ClN4.